The smallest absolute Gasteiger partial charge is 0.257 e. The summed E-state index contributed by atoms with van der Waals surface area (Å²) in [7, 11) is 0. The van der Waals surface area contributed by atoms with Crippen LogP contribution in [0.1, 0.15) is 12.8 Å². The fraction of sp³-hybridized carbons (Fsp3) is 0.400. The summed E-state index contributed by atoms with van der Waals surface area (Å²) in [5, 5.41) is 14.5. The van der Waals surface area contributed by atoms with Gasteiger partial charge in [-0.05, 0) is 30.4 Å². The van der Waals surface area contributed by atoms with Crippen LogP contribution in [0.4, 0.5) is 5.82 Å². The van der Waals surface area contributed by atoms with Crippen molar-refractivity contribution in [2.45, 2.75) is 18.4 Å². The van der Waals surface area contributed by atoms with Crippen LogP contribution in [0.5, 0.6) is 0 Å². The molecular weight excluding hydrogens is 256 g/mol. The van der Waals surface area contributed by atoms with Crippen molar-refractivity contribution in [1.29, 1.82) is 0 Å². The number of aromatic nitrogens is 1. The molecule has 1 aliphatic heterocycles. The maximum atomic E-state index is 12.1. The molecule has 5 heteroatoms. The summed E-state index contributed by atoms with van der Waals surface area (Å²) in [5.41, 5.74) is -0.533. The monoisotopic (exact) mass is 274 g/mol. The van der Waals surface area contributed by atoms with E-state index >= 15 is 0 Å². The summed E-state index contributed by atoms with van der Waals surface area (Å²) < 4.78 is 5.34. The number of aromatic amines is 1. The van der Waals surface area contributed by atoms with Crippen molar-refractivity contribution in [3.8, 4) is 0 Å². The SMILES string of the molecule is O=c1[nH]c(NC2(CO)CCOCC2)cc2ccccc12. The number of anilines is 1. The first-order chi connectivity index (χ1) is 9.72. The third-order valence-corrected chi connectivity index (χ3v) is 3.91. The van der Waals surface area contributed by atoms with Gasteiger partial charge in [0.25, 0.3) is 5.56 Å². The van der Waals surface area contributed by atoms with Gasteiger partial charge < -0.3 is 20.1 Å². The second kappa shape index (κ2) is 5.26. The molecule has 5 nitrogen and oxygen atoms in total. The first kappa shape index (κ1) is 13.1. The Bertz CT molecular complexity index is 659. The number of benzene rings is 1. The molecule has 0 saturated carbocycles. The van der Waals surface area contributed by atoms with E-state index in [-0.39, 0.29) is 12.2 Å². The lowest BCUT2D eigenvalue weighted by atomic mass is 9.91. The van der Waals surface area contributed by atoms with E-state index in [4.69, 9.17) is 4.74 Å². The number of ether oxygens (including phenoxy) is 1. The van der Waals surface area contributed by atoms with E-state index in [1.54, 1.807) is 6.07 Å². The van der Waals surface area contributed by atoms with Crippen LogP contribution in [0.15, 0.2) is 35.1 Å². The number of pyridine rings is 1. The van der Waals surface area contributed by atoms with Gasteiger partial charge in [-0.15, -0.1) is 0 Å². The molecule has 0 bridgehead atoms. The average Bonchev–Trinajstić information content (AvgIpc) is 2.48. The van der Waals surface area contributed by atoms with Crippen molar-refractivity contribution in [2.75, 3.05) is 25.1 Å². The van der Waals surface area contributed by atoms with Gasteiger partial charge in [-0.3, -0.25) is 4.79 Å². The first-order valence-corrected chi connectivity index (χ1v) is 6.81. The van der Waals surface area contributed by atoms with Crippen LogP contribution in [0.25, 0.3) is 10.8 Å². The van der Waals surface area contributed by atoms with Crippen LogP contribution >= 0.6 is 0 Å². The Morgan fingerprint density at radius 1 is 1.30 bits per heavy atom. The molecule has 20 heavy (non-hydrogen) atoms. The molecule has 0 atom stereocenters. The quantitative estimate of drug-likeness (QED) is 0.792. The molecule has 0 spiro atoms. The third-order valence-electron chi connectivity index (χ3n) is 3.91. The van der Waals surface area contributed by atoms with Crippen molar-refractivity contribution in [1.82, 2.24) is 4.98 Å². The fourth-order valence-corrected chi connectivity index (χ4v) is 2.65. The number of rotatable bonds is 3. The molecule has 1 aliphatic rings. The van der Waals surface area contributed by atoms with E-state index < -0.39 is 5.54 Å². The van der Waals surface area contributed by atoms with Gasteiger partial charge in [0.05, 0.1) is 12.1 Å². The molecule has 1 aromatic heterocycles. The van der Waals surface area contributed by atoms with E-state index in [1.807, 2.05) is 24.3 Å². The number of hydrogen-bond donors (Lipinski definition) is 3. The Kier molecular flexibility index (Phi) is 3.46. The second-order valence-corrected chi connectivity index (χ2v) is 5.28. The Balaban J connectivity index is 1.96. The summed E-state index contributed by atoms with van der Waals surface area (Å²) in [6.45, 7) is 1.25. The van der Waals surface area contributed by atoms with Crippen LogP contribution in [0, 0.1) is 0 Å². The Hall–Kier alpha value is -1.85. The lowest BCUT2D eigenvalue weighted by Crippen LogP contribution is -2.47. The van der Waals surface area contributed by atoms with Crippen LogP contribution in [0.2, 0.25) is 0 Å². The summed E-state index contributed by atoms with van der Waals surface area (Å²) in [4.78, 5) is 14.9. The largest absolute Gasteiger partial charge is 0.394 e. The molecule has 0 aliphatic carbocycles. The molecule has 1 aromatic carbocycles. The number of aliphatic hydroxyl groups excluding tert-OH is 1. The lowest BCUT2D eigenvalue weighted by molar-refractivity contribution is 0.0378. The molecule has 1 saturated heterocycles. The van der Waals surface area contributed by atoms with Gasteiger partial charge in [0.15, 0.2) is 0 Å². The lowest BCUT2D eigenvalue weighted by Gasteiger charge is -2.37. The summed E-state index contributed by atoms with van der Waals surface area (Å²) >= 11 is 0. The van der Waals surface area contributed by atoms with Gasteiger partial charge in [0.2, 0.25) is 0 Å². The highest BCUT2D eigenvalue weighted by Gasteiger charge is 2.32. The highest BCUT2D eigenvalue weighted by Crippen LogP contribution is 2.25. The van der Waals surface area contributed by atoms with Gasteiger partial charge in [0.1, 0.15) is 5.82 Å². The third kappa shape index (κ3) is 2.42. The topological polar surface area (TPSA) is 74.4 Å². The molecular formula is C15H18N2O3. The molecule has 0 radical (unpaired) electrons. The highest BCUT2D eigenvalue weighted by molar-refractivity contribution is 5.83. The zero-order chi connectivity index (χ0) is 14.0. The van der Waals surface area contributed by atoms with Crippen molar-refractivity contribution < 1.29 is 9.84 Å². The van der Waals surface area contributed by atoms with Crippen molar-refractivity contribution in [2.24, 2.45) is 0 Å². The van der Waals surface area contributed by atoms with Crippen molar-refractivity contribution in [3.63, 3.8) is 0 Å². The number of fused-ring (bicyclic) bond motifs is 1. The normalized spacial score (nSPS) is 18.1. The number of nitrogens with one attached hydrogen (secondary N) is 2. The van der Waals surface area contributed by atoms with Crippen LogP contribution in [-0.4, -0.2) is 35.5 Å². The zero-order valence-electron chi connectivity index (χ0n) is 11.2. The summed E-state index contributed by atoms with van der Waals surface area (Å²) in [5.74, 6) is 0.643. The maximum absolute atomic E-state index is 12.1. The number of H-pyrrole nitrogens is 1. The second-order valence-electron chi connectivity index (χ2n) is 5.28. The van der Waals surface area contributed by atoms with Gasteiger partial charge in [-0.25, -0.2) is 0 Å². The van der Waals surface area contributed by atoms with Gasteiger partial charge in [-0.2, -0.15) is 0 Å². The molecule has 0 unspecified atom stereocenters. The molecule has 2 aromatic rings. The predicted octanol–water partition coefficient (Wildman–Crippen LogP) is 1.48. The van der Waals surface area contributed by atoms with Crippen LogP contribution in [-0.2, 0) is 4.74 Å². The zero-order valence-corrected chi connectivity index (χ0v) is 11.2. The highest BCUT2D eigenvalue weighted by atomic mass is 16.5. The Morgan fingerprint density at radius 3 is 2.80 bits per heavy atom. The van der Waals surface area contributed by atoms with Crippen LogP contribution in [0.3, 0.4) is 0 Å². The molecule has 106 valence electrons. The fourth-order valence-electron chi connectivity index (χ4n) is 2.65. The van der Waals surface area contributed by atoms with E-state index in [9.17, 15) is 9.90 Å². The standard InChI is InChI=1S/C15H18N2O3/c18-10-15(5-7-20-8-6-15)17-13-9-11-3-1-2-4-12(11)14(19)16-13/h1-4,9,18H,5-8,10H2,(H2,16,17,19). The van der Waals surface area contributed by atoms with E-state index in [1.165, 1.54) is 0 Å². The average molecular weight is 274 g/mol. The van der Waals surface area contributed by atoms with Gasteiger partial charge in [-0.1, -0.05) is 18.2 Å². The molecule has 1 fully saturated rings. The minimum absolute atomic E-state index is 0.0191. The Labute approximate surface area is 116 Å². The van der Waals surface area contributed by atoms with E-state index in [0.717, 1.165) is 18.2 Å². The Morgan fingerprint density at radius 2 is 2.05 bits per heavy atom. The molecule has 3 N–H and O–H groups in total. The minimum Gasteiger partial charge on any atom is -0.394 e. The van der Waals surface area contributed by atoms with Crippen molar-refractivity contribution >= 4 is 16.6 Å². The van der Waals surface area contributed by atoms with E-state index in [0.29, 0.717) is 24.4 Å². The van der Waals surface area contributed by atoms with Gasteiger partial charge >= 0.3 is 0 Å². The summed E-state index contributed by atoms with van der Waals surface area (Å²) in [6, 6.07) is 9.36. The molecule has 3 rings (SSSR count). The maximum Gasteiger partial charge on any atom is 0.257 e. The molecule has 0 amide bonds. The van der Waals surface area contributed by atoms with E-state index in [2.05, 4.69) is 10.3 Å². The first-order valence-electron chi connectivity index (χ1n) is 6.81. The summed E-state index contributed by atoms with van der Waals surface area (Å²) in [6.07, 6.45) is 1.44. The van der Waals surface area contributed by atoms with Crippen molar-refractivity contribution in [3.05, 3.63) is 40.7 Å². The van der Waals surface area contributed by atoms with Crippen LogP contribution < -0.4 is 10.9 Å². The number of aliphatic hydroxyl groups is 1. The molecule has 2 heterocycles. The predicted molar refractivity (Wildman–Crippen MR) is 78.1 cm³/mol. The van der Waals surface area contributed by atoms with Gasteiger partial charge in [0, 0.05) is 18.6 Å². The minimum atomic E-state index is -0.413. The number of hydrogen-bond acceptors (Lipinski definition) is 4.